The van der Waals surface area contributed by atoms with Crippen molar-refractivity contribution in [1.29, 1.82) is 0 Å². The molecule has 1 N–H and O–H groups in total. The van der Waals surface area contributed by atoms with Gasteiger partial charge in [-0.2, -0.15) is 0 Å². The maximum atomic E-state index is 12.1. The SMILES string of the molecule is O=S(=O)(CCc1ccccc1)NCCc1cc(-c2ccccc2)on1. The predicted octanol–water partition coefficient (Wildman–Crippen LogP) is 3.05. The van der Waals surface area contributed by atoms with Crippen molar-refractivity contribution in [3.05, 3.63) is 78.0 Å². The summed E-state index contributed by atoms with van der Waals surface area (Å²) >= 11 is 0. The Morgan fingerprint density at radius 3 is 2.32 bits per heavy atom. The molecule has 0 amide bonds. The fourth-order valence-corrected chi connectivity index (χ4v) is 3.53. The quantitative estimate of drug-likeness (QED) is 0.673. The van der Waals surface area contributed by atoms with Gasteiger partial charge in [-0.25, -0.2) is 13.1 Å². The summed E-state index contributed by atoms with van der Waals surface area (Å²) in [5.41, 5.74) is 2.69. The van der Waals surface area contributed by atoms with Crippen LogP contribution in [0, 0.1) is 0 Å². The zero-order chi connectivity index (χ0) is 17.5. The zero-order valence-corrected chi connectivity index (χ0v) is 14.6. The fourth-order valence-electron chi connectivity index (χ4n) is 2.47. The van der Waals surface area contributed by atoms with Gasteiger partial charge < -0.3 is 4.52 Å². The lowest BCUT2D eigenvalue weighted by molar-refractivity contribution is 0.423. The number of hydrogen-bond donors (Lipinski definition) is 1. The summed E-state index contributed by atoms with van der Waals surface area (Å²) in [6.45, 7) is 0.303. The lowest BCUT2D eigenvalue weighted by Gasteiger charge is -2.05. The lowest BCUT2D eigenvalue weighted by Crippen LogP contribution is -2.29. The molecule has 2 aromatic carbocycles. The molecule has 1 heterocycles. The van der Waals surface area contributed by atoms with Gasteiger partial charge in [0, 0.05) is 24.6 Å². The maximum Gasteiger partial charge on any atom is 0.211 e. The van der Waals surface area contributed by atoms with Crippen LogP contribution in [0.5, 0.6) is 0 Å². The van der Waals surface area contributed by atoms with Crippen LogP contribution in [-0.2, 0) is 22.9 Å². The van der Waals surface area contributed by atoms with Crippen molar-refractivity contribution in [3.63, 3.8) is 0 Å². The van der Waals surface area contributed by atoms with Crippen molar-refractivity contribution >= 4 is 10.0 Å². The Hall–Kier alpha value is -2.44. The topological polar surface area (TPSA) is 72.2 Å². The minimum atomic E-state index is -3.30. The highest BCUT2D eigenvalue weighted by Crippen LogP contribution is 2.19. The van der Waals surface area contributed by atoms with E-state index in [1.54, 1.807) is 0 Å². The Morgan fingerprint density at radius 1 is 0.920 bits per heavy atom. The van der Waals surface area contributed by atoms with E-state index in [4.69, 9.17) is 4.52 Å². The average Bonchev–Trinajstić information content (AvgIpc) is 3.11. The molecule has 0 saturated heterocycles. The third-order valence-electron chi connectivity index (χ3n) is 3.82. The molecule has 0 aliphatic carbocycles. The van der Waals surface area contributed by atoms with E-state index in [-0.39, 0.29) is 5.75 Å². The molecule has 0 aliphatic heterocycles. The molecule has 3 rings (SSSR count). The van der Waals surface area contributed by atoms with Crippen molar-refractivity contribution in [1.82, 2.24) is 9.88 Å². The fraction of sp³-hybridized carbons (Fsp3) is 0.211. The van der Waals surface area contributed by atoms with Gasteiger partial charge in [0.15, 0.2) is 5.76 Å². The second-order valence-corrected chi connectivity index (χ2v) is 7.67. The van der Waals surface area contributed by atoms with Gasteiger partial charge in [0.1, 0.15) is 0 Å². The molecule has 0 fully saturated rings. The van der Waals surface area contributed by atoms with Crippen LogP contribution in [0.25, 0.3) is 11.3 Å². The summed E-state index contributed by atoms with van der Waals surface area (Å²) < 4.78 is 32.1. The molecule has 1 aromatic heterocycles. The van der Waals surface area contributed by atoms with Gasteiger partial charge in [-0.3, -0.25) is 0 Å². The smallest absolute Gasteiger partial charge is 0.211 e. The highest BCUT2D eigenvalue weighted by molar-refractivity contribution is 7.89. The first-order valence-electron chi connectivity index (χ1n) is 8.15. The van der Waals surface area contributed by atoms with E-state index >= 15 is 0 Å². The molecule has 130 valence electrons. The summed E-state index contributed by atoms with van der Waals surface area (Å²) in [6, 6.07) is 21.1. The second-order valence-electron chi connectivity index (χ2n) is 5.75. The summed E-state index contributed by atoms with van der Waals surface area (Å²) in [5, 5.41) is 4.00. The molecule has 6 heteroatoms. The molecule has 0 atom stereocenters. The van der Waals surface area contributed by atoms with Crippen LogP contribution < -0.4 is 4.72 Å². The largest absolute Gasteiger partial charge is 0.356 e. The minimum absolute atomic E-state index is 0.0745. The van der Waals surface area contributed by atoms with Gasteiger partial charge in [0.05, 0.1) is 11.4 Å². The van der Waals surface area contributed by atoms with E-state index in [1.807, 2.05) is 66.7 Å². The number of nitrogens with one attached hydrogen (secondary N) is 1. The number of aryl methyl sites for hydroxylation is 1. The van der Waals surface area contributed by atoms with Crippen LogP contribution in [0.15, 0.2) is 71.3 Å². The Kier molecular flexibility index (Phi) is 5.63. The molecule has 0 unspecified atom stereocenters. The van der Waals surface area contributed by atoms with Gasteiger partial charge in [-0.05, 0) is 12.0 Å². The van der Waals surface area contributed by atoms with Crippen molar-refractivity contribution in [2.24, 2.45) is 0 Å². The Morgan fingerprint density at radius 2 is 1.60 bits per heavy atom. The van der Waals surface area contributed by atoms with Crippen LogP contribution >= 0.6 is 0 Å². The van der Waals surface area contributed by atoms with E-state index < -0.39 is 10.0 Å². The summed E-state index contributed by atoms with van der Waals surface area (Å²) in [4.78, 5) is 0. The van der Waals surface area contributed by atoms with Gasteiger partial charge >= 0.3 is 0 Å². The van der Waals surface area contributed by atoms with E-state index in [1.165, 1.54) is 0 Å². The number of aromatic nitrogens is 1. The van der Waals surface area contributed by atoms with Crippen LogP contribution in [-0.4, -0.2) is 25.9 Å². The van der Waals surface area contributed by atoms with Crippen molar-refractivity contribution in [3.8, 4) is 11.3 Å². The highest BCUT2D eigenvalue weighted by Gasteiger charge is 2.11. The maximum absolute atomic E-state index is 12.1. The molecular weight excluding hydrogens is 336 g/mol. The molecular formula is C19H20N2O3S. The molecule has 0 spiro atoms. The number of nitrogens with zero attached hydrogens (tertiary/aromatic N) is 1. The number of sulfonamides is 1. The van der Waals surface area contributed by atoms with Crippen molar-refractivity contribution in [2.45, 2.75) is 12.8 Å². The standard InChI is InChI=1S/C19H20N2O3S/c22-25(23,14-12-16-7-3-1-4-8-16)20-13-11-18-15-19(24-21-18)17-9-5-2-6-10-17/h1-10,15,20H,11-14H2. The van der Waals surface area contributed by atoms with Crippen LogP contribution in [0.3, 0.4) is 0 Å². The van der Waals surface area contributed by atoms with Crippen LogP contribution in [0.1, 0.15) is 11.3 Å². The van der Waals surface area contributed by atoms with E-state index in [2.05, 4.69) is 9.88 Å². The van der Waals surface area contributed by atoms with E-state index in [0.29, 0.717) is 25.1 Å². The summed E-state index contributed by atoms with van der Waals surface area (Å²) in [6.07, 6.45) is 0.985. The highest BCUT2D eigenvalue weighted by atomic mass is 32.2. The summed E-state index contributed by atoms with van der Waals surface area (Å²) in [5.74, 6) is 0.757. The first-order chi connectivity index (χ1) is 12.1. The Bertz CT molecular complexity index is 891. The Balaban J connectivity index is 1.48. The molecule has 3 aromatic rings. The Labute approximate surface area is 147 Å². The second kappa shape index (κ2) is 8.09. The third-order valence-corrected chi connectivity index (χ3v) is 5.21. The lowest BCUT2D eigenvalue weighted by atomic mass is 10.1. The van der Waals surface area contributed by atoms with Gasteiger partial charge in [-0.15, -0.1) is 0 Å². The zero-order valence-electron chi connectivity index (χ0n) is 13.8. The van der Waals surface area contributed by atoms with E-state index in [9.17, 15) is 8.42 Å². The molecule has 0 aliphatic rings. The molecule has 0 bridgehead atoms. The van der Waals surface area contributed by atoms with Gasteiger partial charge in [0.25, 0.3) is 0 Å². The summed E-state index contributed by atoms with van der Waals surface area (Å²) in [7, 11) is -3.30. The molecule has 25 heavy (non-hydrogen) atoms. The van der Waals surface area contributed by atoms with Crippen LogP contribution in [0.2, 0.25) is 0 Å². The predicted molar refractivity (Wildman–Crippen MR) is 97.6 cm³/mol. The number of benzene rings is 2. The average molecular weight is 356 g/mol. The number of hydrogen-bond acceptors (Lipinski definition) is 4. The molecule has 5 nitrogen and oxygen atoms in total. The van der Waals surface area contributed by atoms with Gasteiger partial charge in [0.2, 0.25) is 10.0 Å². The van der Waals surface area contributed by atoms with Crippen LogP contribution in [0.4, 0.5) is 0 Å². The van der Waals surface area contributed by atoms with E-state index in [0.717, 1.165) is 16.8 Å². The first-order valence-corrected chi connectivity index (χ1v) is 9.80. The molecule has 0 saturated carbocycles. The normalized spacial score (nSPS) is 11.5. The van der Waals surface area contributed by atoms with Gasteiger partial charge in [-0.1, -0.05) is 65.8 Å². The van der Waals surface area contributed by atoms with Crippen molar-refractivity contribution in [2.75, 3.05) is 12.3 Å². The number of rotatable bonds is 8. The minimum Gasteiger partial charge on any atom is -0.356 e. The van der Waals surface area contributed by atoms with Crippen molar-refractivity contribution < 1.29 is 12.9 Å². The third kappa shape index (κ3) is 5.27. The molecule has 0 radical (unpaired) electrons. The first kappa shape index (κ1) is 17.4. The monoisotopic (exact) mass is 356 g/mol.